The molecule has 0 bridgehead atoms. The molecule has 0 aliphatic heterocycles. The maximum absolute atomic E-state index is 13.0. The van der Waals surface area contributed by atoms with Crippen molar-refractivity contribution < 1.29 is 9.13 Å². The predicted molar refractivity (Wildman–Crippen MR) is 71.2 cm³/mol. The molecule has 2 aromatic rings. The van der Waals surface area contributed by atoms with Gasteiger partial charge in [0, 0.05) is 18.3 Å². The molecule has 0 aliphatic rings. The summed E-state index contributed by atoms with van der Waals surface area (Å²) in [5.74, 6) is 0.900. The van der Waals surface area contributed by atoms with Gasteiger partial charge >= 0.3 is 0 Å². The lowest BCUT2D eigenvalue weighted by Gasteiger charge is -2.11. The summed E-state index contributed by atoms with van der Waals surface area (Å²) >= 11 is 3.27. The van der Waals surface area contributed by atoms with Gasteiger partial charge in [-0.15, -0.1) is 0 Å². The number of hydrogen-bond acceptors (Lipinski definition) is 3. The number of nitrogens with one attached hydrogen (secondary N) is 1. The fourth-order valence-corrected chi connectivity index (χ4v) is 1.95. The van der Waals surface area contributed by atoms with E-state index in [0.29, 0.717) is 22.5 Å². The van der Waals surface area contributed by atoms with Crippen molar-refractivity contribution in [2.75, 3.05) is 7.05 Å². The highest BCUT2D eigenvalue weighted by molar-refractivity contribution is 9.10. The van der Waals surface area contributed by atoms with Crippen LogP contribution in [0.3, 0.4) is 0 Å². The number of rotatable bonds is 4. The van der Waals surface area contributed by atoms with Crippen molar-refractivity contribution in [1.29, 1.82) is 0 Å². The Morgan fingerprint density at radius 1 is 1.33 bits per heavy atom. The van der Waals surface area contributed by atoms with E-state index in [1.54, 1.807) is 18.5 Å². The van der Waals surface area contributed by atoms with E-state index in [0.717, 1.165) is 5.56 Å². The van der Waals surface area contributed by atoms with Crippen LogP contribution in [0.4, 0.5) is 4.39 Å². The maximum Gasteiger partial charge on any atom is 0.150 e. The first-order valence-electron chi connectivity index (χ1n) is 5.41. The summed E-state index contributed by atoms with van der Waals surface area (Å²) < 4.78 is 19.3. The Kier molecular flexibility index (Phi) is 4.28. The minimum atomic E-state index is -0.309. The molecule has 5 heteroatoms. The van der Waals surface area contributed by atoms with Crippen molar-refractivity contribution in [3.63, 3.8) is 0 Å². The molecule has 2 rings (SSSR count). The molecule has 0 aliphatic carbocycles. The molecule has 0 fully saturated rings. The monoisotopic (exact) mass is 310 g/mol. The third-order valence-electron chi connectivity index (χ3n) is 2.35. The predicted octanol–water partition coefficient (Wildman–Crippen LogP) is 3.49. The second-order valence-electron chi connectivity index (χ2n) is 3.69. The van der Waals surface area contributed by atoms with E-state index in [1.807, 2.05) is 13.1 Å². The van der Waals surface area contributed by atoms with Gasteiger partial charge in [-0.2, -0.15) is 0 Å². The normalized spacial score (nSPS) is 10.4. The summed E-state index contributed by atoms with van der Waals surface area (Å²) in [7, 11) is 1.86. The Balaban J connectivity index is 2.28. The molecule has 0 radical (unpaired) electrons. The second kappa shape index (κ2) is 5.93. The SMILES string of the molecule is CNCc1ccncc1Oc1ccc(F)cc1Br. The minimum absolute atomic E-state index is 0.309. The van der Waals surface area contributed by atoms with E-state index in [1.165, 1.54) is 12.1 Å². The summed E-state index contributed by atoms with van der Waals surface area (Å²) in [6, 6.07) is 6.18. The second-order valence-corrected chi connectivity index (χ2v) is 4.54. The van der Waals surface area contributed by atoms with Crippen molar-refractivity contribution >= 4 is 15.9 Å². The molecule has 1 heterocycles. The Hall–Kier alpha value is -1.46. The van der Waals surface area contributed by atoms with E-state index in [-0.39, 0.29) is 5.82 Å². The van der Waals surface area contributed by atoms with Gasteiger partial charge in [0.25, 0.3) is 0 Å². The van der Waals surface area contributed by atoms with Gasteiger partial charge in [0.05, 0.1) is 10.7 Å². The lowest BCUT2D eigenvalue weighted by atomic mass is 10.2. The third kappa shape index (κ3) is 3.05. The number of hydrogen-bond donors (Lipinski definition) is 1. The van der Waals surface area contributed by atoms with Crippen molar-refractivity contribution in [3.8, 4) is 11.5 Å². The van der Waals surface area contributed by atoms with E-state index in [4.69, 9.17) is 4.74 Å². The molecule has 0 amide bonds. The van der Waals surface area contributed by atoms with Gasteiger partial charge < -0.3 is 10.1 Å². The number of ether oxygens (including phenoxy) is 1. The first-order chi connectivity index (χ1) is 8.70. The maximum atomic E-state index is 13.0. The summed E-state index contributed by atoms with van der Waals surface area (Å²) in [5, 5.41) is 3.05. The number of benzene rings is 1. The summed E-state index contributed by atoms with van der Waals surface area (Å²) in [6.07, 6.45) is 3.35. The van der Waals surface area contributed by atoms with E-state index in [9.17, 15) is 4.39 Å². The molecular formula is C13H12BrFN2O. The Morgan fingerprint density at radius 3 is 2.89 bits per heavy atom. The zero-order valence-corrected chi connectivity index (χ0v) is 11.4. The van der Waals surface area contributed by atoms with Crippen molar-refractivity contribution in [2.24, 2.45) is 0 Å². The summed E-state index contributed by atoms with van der Waals surface area (Å²) in [4.78, 5) is 4.03. The highest BCUT2D eigenvalue weighted by Crippen LogP contribution is 2.31. The van der Waals surface area contributed by atoms with Crippen LogP contribution < -0.4 is 10.1 Å². The third-order valence-corrected chi connectivity index (χ3v) is 2.97. The molecule has 1 aromatic heterocycles. The fourth-order valence-electron chi connectivity index (χ4n) is 1.51. The summed E-state index contributed by atoms with van der Waals surface area (Å²) in [6.45, 7) is 0.677. The van der Waals surface area contributed by atoms with Crippen LogP contribution in [-0.2, 0) is 6.54 Å². The first-order valence-corrected chi connectivity index (χ1v) is 6.20. The van der Waals surface area contributed by atoms with Crippen LogP contribution in [0.1, 0.15) is 5.56 Å². The van der Waals surface area contributed by atoms with Gasteiger partial charge in [0.2, 0.25) is 0 Å². The fraction of sp³-hybridized carbons (Fsp3) is 0.154. The lowest BCUT2D eigenvalue weighted by Crippen LogP contribution is -2.06. The van der Waals surface area contributed by atoms with E-state index < -0.39 is 0 Å². The molecule has 0 saturated heterocycles. The molecule has 0 atom stereocenters. The first kappa shape index (κ1) is 13.0. The molecular weight excluding hydrogens is 299 g/mol. The topological polar surface area (TPSA) is 34.2 Å². The highest BCUT2D eigenvalue weighted by Gasteiger charge is 2.07. The van der Waals surface area contributed by atoms with Gasteiger partial charge in [-0.3, -0.25) is 4.98 Å². The Bertz CT molecular complexity index is 548. The van der Waals surface area contributed by atoms with Crippen LogP contribution in [0.5, 0.6) is 11.5 Å². The van der Waals surface area contributed by atoms with Crippen LogP contribution in [0.2, 0.25) is 0 Å². The molecule has 1 N–H and O–H groups in total. The van der Waals surface area contributed by atoms with Gasteiger partial charge in [-0.05, 0) is 47.2 Å². The molecule has 94 valence electrons. The smallest absolute Gasteiger partial charge is 0.150 e. The van der Waals surface area contributed by atoms with Crippen LogP contribution in [0, 0.1) is 5.82 Å². The van der Waals surface area contributed by atoms with Crippen LogP contribution in [0.25, 0.3) is 0 Å². The number of pyridine rings is 1. The van der Waals surface area contributed by atoms with Crippen molar-refractivity contribution in [1.82, 2.24) is 10.3 Å². The standard InChI is InChI=1S/C13H12BrFN2O/c1-16-7-9-4-5-17-8-13(9)18-12-3-2-10(15)6-11(12)14/h2-6,8,16H,7H2,1H3. The van der Waals surface area contributed by atoms with Crippen molar-refractivity contribution in [3.05, 3.63) is 52.5 Å². The van der Waals surface area contributed by atoms with E-state index >= 15 is 0 Å². The molecule has 1 aromatic carbocycles. The molecule has 3 nitrogen and oxygen atoms in total. The van der Waals surface area contributed by atoms with Crippen molar-refractivity contribution in [2.45, 2.75) is 6.54 Å². The number of aromatic nitrogens is 1. The lowest BCUT2D eigenvalue weighted by molar-refractivity contribution is 0.467. The average molecular weight is 311 g/mol. The average Bonchev–Trinajstić information content (AvgIpc) is 2.35. The molecule has 0 saturated carbocycles. The molecule has 0 spiro atoms. The van der Waals surface area contributed by atoms with Gasteiger partial charge in [-0.25, -0.2) is 4.39 Å². The quantitative estimate of drug-likeness (QED) is 0.938. The number of halogens is 2. The highest BCUT2D eigenvalue weighted by atomic mass is 79.9. The largest absolute Gasteiger partial charge is 0.454 e. The zero-order valence-electron chi connectivity index (χ0n) is 9.78. The summed E-state index contributed by atoms with van der Waals surface area (Å²) in [5.41, 5.74) is 0.990. The van der Waals surface area contributed by atoms with Crippen LogP contribution >= 0.6 is 15.9 Å². The van der Waals surface area contributed by atoms with Crippen LogP contribution in [-0.4, -0.2) is 12.0 Å². The number of nitrogens with zero attached hydrogens (tertiary/aromatic N) is 1. The Labute approximate surface area is 113 Å². The van der Waals surface area contributed by atoms with Gasteiger partial charge in [0.1, 0.15) is 17.3 Å². The Morgan fingerprint density at radius 2 is 2.17 bits per heavy atom. The molecule has 18 heavy (non-hydrogen) atoms. The van der Waals surface area contributed by atoms with E-state index in [2.05, 4.69) is 26.2 Å². The van der Waals surface area contributed by atoms with Crippen LogP contribution in [0.15, 0.2) is 41.1 Å². The van der Waals surface area contributed by atoms with Gasteiger partial charge in [0.15, 0.2) is 0 Å². The zero-order chi connectivity index (χ0) is 13.0. The van der Waals surface area contributed by atoms with Gasteiger partial charge in [-0.1, -0.05) is 0 Å². The minimum Gasteiger partial charge on any atom is -0.454 e. The molecule has 0 unspecified atom stereocenters.